The van der Waals surface area contributed by atoms with Crippen molar-refractivity contribution in [3.8, 4) is 0 Å². The minimum Gasteiger partial charge on any atom is -0.379 e. The number of amides is 1. The van der Waals surface area contributed by atoms with Crippen molar-refractivity contribution in [1.82, 2.24) is 19.7 Å². The summed E-state index contributed by atoms with van der Waals surface area (Å²) in [7, 11) is 0. The van der Waals surface area contributed by atoms with E-state index in [0.29, 0.717) is 22.9 Å². The molecule has 0 unspecified atom stereocenters. The first-order chi connectivity index (χ1) is 14.5. The van der Waals surface area contributed by atoms with Crippen LogP contribution < -0.4 is 4.90 Å². The van der Waals surface area contributed by atoms with E-state index in [2.05, 4.69) is 15.0 Å². The van der Waals surface area contributed by atoms with Gasteiger partial charge in [0, 0.05) is 38.4 Å². The van der Waals surface area contributed by atoms with Gasteiger partial charge in [-0.1, -0.05) is 17.4 Å². The molecule has 3 aromatic rings. The van der Waals surface area contributed by atoms with E-state index in [4.69, 9.17) is 4.74 Å². The van der Waals surface area contributed by atoms with Gasteiger partial charge in [0.15, 0.2) is 5.13 Å². The molecule has 4 rings (SSSR count). The Morgan fingerprint density at radius 2 is 2.10 bits per heavy atom. The Kier molecular flexibility index (Phi) is 6.40. The molecule has 1 amide bonds. The van der Waals surface area contributed by atoms with Crippen LogP contribution in [0.15, 0.2) is 30.5 Å². The summed E-state index contributed by atoms with van der Waals surface area (Å²) in [5, 5.41) is 4.81. The van der Waals surface area contributed by atoms with Crippen molar-refractivity contribution in [3.05, 3.63) is 42.0 Å². The smallest absolute Gasteiger partial charge is 0.278 e. The normalized spacial score (nSPS) is 15.2. The number of anilines is 1. The fraction of sp³-hybridized carbons (Fsp3) is 0.476. The third-order valence-electron chi connectivity index (χ3n) is 5.17. The summed E-state index contributed by atoms with van der Waals surface area (Å²) < 4.78 is 22.1. The zero-order chi connectivity index (χ0) is 21.1. The van der Waals surface area contributed by atoms with Gasteiger partial charge < -0.3 is 4.74 Å². The maximum Gasteiger partial charge on any atom is 0.278 e. The molecule has 9 heteroatoms. The van der Waals surface area contributed by atoms with Crippen molar-refractivity contribution in [2.24, 2.45) is 0 Å². The van der Waals surface area contributed by atoms with Crippen molar-refractivity contribution in [1.29, 1.82) is 0 Å². The highest BCUT2D eigenvalue weighted by Gasteiger charge is 2.25. The van der Waals surface area contributed by atoms with Gasteiger partial charge in [-0.2, -0.15) is 5.10 Å². The highest BCUT2D eigenvalue weighted by Crippen LogP contribution is 2.31. The van der Waals surface area contributed by atoms with E-state index in [1.807, 2.05) is 19.9 Å². The van der Waals surface area contributed by atoms with Crippen LogP contribution in [0.4, 0.5) is 9.52 Å². The first-order valence-electron chi connectivity index (χ1n) is 10.2. The fourth-order valence-electron chi connectivity index (χ4n) is 3.61. The van der Waals surface area contributed by atoms with Crippen molar-refractivity contribution in [2.45, 2.75) is 26.3 Å². The Bertz CT molecular complexity index is 1010. The van der Waals surface area contributed by atoms with Gasteiger partial charge in [-0.05, 0) is 38.5 Å². The van der Waals surface area contributed by atoms with Gasteiger partial charge in [-0.3, -0.25) is 19.3 Å². The van der Waals surface area contributed by atoms with Gasteiger partial charge in [0.2, 0.25) is 0 Å². The van der Waals surface area contributed by atoms with E-state index in [9.17, 15) is 9.18 Å². The number of benzene rings is 1. The standard InChI is InChI=1S/C21H26FN5O2S/c1-15(2)27-17(7-8-23-27)20(28)26(10-4-9-25-11-13-29-14-12-25)21-24-19-16(22)5-3-6-18(19)30-21/h3,5-8,15H,4,9-14H2,1-2H3. The van der Waals surface area contributed by atoms with Crippen LogP contribution in [0.5, 0.6) is 0 Å². The summed E-state index contributed by atoms with van der Waals surface area (Å²) in [4.78, 5) is 22.0. The molecule has 1 saturated heterocycles. The zero-order valence-corrected chi connectivity index (χ0v) is 18.1. The Labute approximate surface area is 179 Å². The van der Waals surface area contributed by atoms with E-state index in [1.165, 1.54) is 17.4 Å². The van der Waals surface area contributed by atoms with Gasteiger partial charge in [-0.25, -0.2) is 9.37 Å². The maximum atomic E-state index is 14.2. The molecule has 1 aromatic carbocycles. The first kappa shape index (κ1) is 20.9. The lowest BCUT2D eigenvalue weighted by Gasteiger charge is -2.28. The summed E-state index contributed by atoms with van der Waals surface area (Å²) in [5.41, 5.74) is 0.817. The quantitative estimate of drug-likeness (QED) is 0.572. The molecule has 160 valence electrons. The minimum atomic E-state index is -0.372. The average Bonchev–Trinajstić information content (AvgIpc) is 3.39. The Morgan fingerprint density at radius 1 is 1.30 bits per heavy atom. The highest BCUT2D eigenvalue weighted by molar-refractivity contribution is 7.22. The molecule has 0 bridgehead atoms. The lowest BCUT2D eigenvalue weighted by molar-refractivity contribution is 0.0376. The largest absolute Gasteiger partial charge is 0.379 e. The third-order valence-corrected chi connectivity index (χ3v) is 6.22. The van der Waals surface area contributed by atoms with E-state index >= 15 is 0 Å². The summed E-state index contributed by atoms with van der Waals surface area (Å²) in [6, 6.07) is 6.67. The number of carbonyl (C=O) groups excluding carboxylic acids is 1. The Morgan fingerprint density at radius 3 is 2.83 bits per heavy atom. The monoisotopic (exact) mass is 431 g/mol. The number of thiazole rings is 1. The van der Waals surface area contributed by atoms with Gasteiger partial charge >= 0.3 is 0 Å². The van der Waals surface area contributed by atoms with Gasteiger partial charge in [0.1, 0.15) is 17.0 Å². The number of morpholine rings is 1. The Hall–Kier alpha value is -2.36. The topological polar surface area (TPSA) is 63.5 Å². The predicted molar refractivity (Wildman–Crippen MR) is 116 cm³/mol. The van der Waals surface area contributed by atoms with Crippen LogP contribution in [0, 0.1) is 5.82 Å². The molecule has 7 nitrogen and oxygen atoms in total. The van der Waals surface area contributed by atoms with Crippen LogP contribution in [0.2, 0.25) is 0 Å². The van der Waals surface area contributed by atoms with Crippen LogP contribution in [0.25, 0.3) is 10.2 Å². The predicted octanol–water partition coefficient (Wildman–Crippen LogP) is 3.58. The molecule has 1 fully saturated rings. The third kappa shape index (κ3) is 4.38. The van der Waals surface area contributed by atoms with Gasteiger partial charge in [-0.15, -0.1) is 0 Å². The Balaban J connectivity index is 1.60. The molecule has 0 saturated carbocycles. The van der Waals surface area contributed by atoms with E-state index < -0.39 is 0 Å². The molecule has 30 heavy (non-hydrogen) atoms. The minimum absolute atomic E-state index is 0.0574. The van der Waals surface area contributed by atoms with Crippen LogP contribution in [-0.2, 0) is 4.74 Å². The first-order valence-corrected chi connectivity index (χ1v) is 11.1. The number of fused-ring (bicyclic) bond motifs is 1. The second-order valence-electron chi connectivity index (χ2n) is 7.60. The SMILES string of the molecule is CC(C)n1nccc1C(=O)N(CCCN1CCOCC1)c1nc2c(F)cccc2s1. The number of nitrogens with zero attached hydrogens (tertiary/aromatic N) is 5. The molecule has 2 aromatic heterocycles. The molecular formula is C21H26FN5O2S. The number of hydrogen-bond acceptors (Lipinski definition) is 6. The van der Waals surface area contributed by atoms with Crippen LogP contribution >= 0.6 is 11.3 Å². The van der Waals surface area contributed by atoms with Gasteiger partial charge in [0.25, 0.3) is 5.91 Å². The average molecular weight is 432 g/mol. The number of aromatic nitrogens is 3. The molecule has 1 aliphatic rings. The van der Waals surface area contributed by atoms with Gasteiger partial charge in [0.05, 0.1) is 17.9 Å². The second kappa shape index (κ2) is 9.20. The van der Waals surface area contributed by atoms with E-state index in [1.54, 1.807) is 27.9 Å². The molecule has 0 atom stereocenters. The highest BCUT2D eigenvalue weighted by atomic mass is 32.1. The van der Waals surface area contributed by atoms with Crippen LogP contribution in [0.1, 0.15) is 36.8 Å². The molecule has 3 heterocycles. The lowest BCUT2D eigenvalue weighted by Crippen LogP contribution is -2.39. The van der Waals surface area contributed by atoms with E-state index in [0.717, 1.165) is 44.0 Å². The summed E-state index contributed by atoms with van der Waals surface area (Å²) >= 11 is 1.34. The number of ether oxygens (including phenoxy) is 1. The van der Waals surface area contributed by atoms with Crippen LogP contribution in [0.3, 0.4) is 0 Å². The molecule has 1 aliphatic heterocycles. The van der Waals surface area contributed by atoms with E-state index in [-0.39, 0.29) is 17.8 Å². The van der Waals surface area contributed by atoms with Crippen molar-refractivity contribution in [2.75, 3.05) is 44.3 Å². The summed E-state index contributed by atoms with van der Waals surface area (Å²) in [5.74, 6) is -0.537. The second-order valence-corrected chi connectivity index (χ2v) is 8.61. The molecule has 0 aliphatic carbocycles. The molecular weight excluding hydrogens is 405 g/mol. The number of hydrogen-bond donors (Lipinski definition) is 0. The molecule has 0 N–H and O–H groups in total. The fourth-order valence-corrected chi connectivity index (χ4v) is 4.62. The summed E-state index contributed by atoms with van der Waals surface area (Å²) in [6.45, 7) is 8.64. The number of carbonyl (C=O) groups is 1. The number of para-hydroxylation sites is 1. The van der Waals surface area contributed by atoms with Crippen molar-refractivity contribution in [3.63, 3.8) is 0 Å². The zero-order valence-electron chi connectivity index (χ0n) is 17.3. The van der Waals surface area contributed by atoms with Crippen LogP contribution in [-0.4, -0.2) is 65.0 Å². The molecule has 0 radical (unpaired) electrons. The van der Waals surface area contributed by atoms with Crippen molar-refractivity contribution >= 4 is 32.6 Å². The molecule has 0 spiro atoms. The number of halogens is 1. The maximum absolute atomic E-state index is 14.2. The van der Waals surface area contributed by atoms with Crippen molar-refractivity contribution < 1.29 is 13.9 Å². The lowest BCUT2D eigenvalue weighted by atomic mass is 10.3. The number of rotatable bonds is 7. The summed E-state index contributed by atoms with van der Waals surface area (Å²) in [6.07, 6.45) is 2.43.